The molecule has 0 saturated carbocycles. The fourth-order valence-electron chi connectivity index (χ4n) is 2.52. The molecule has 0 spiro atoms. The average Bonchev–Trinajstić information content (AvgIpc) is 2.65. The lowest BCUT2D eigenvalue weighted by molar-refractivity contribution is 0.0447. The molecule has 0 radical (unpaired) electrons. The van der Waals surface area contributed by atoms with Crippen molar-refractivity contribution in [2.24, 2.45) is 0 Å². The van der Waals surface area contributed by atoms with Crippen molar-refractivity contribution in [3.05, 3.63) is 70.2 Å². The molecule has 0 N–H and O–H groups in total. The third-order valence-electron chi connectivity index (χ3n) is 3.77. The van der Waals surface area contributed by atoms with Crippen molar-refractivity contribution in [1.82, 2.24) is 0 Å². The Morgan fingerprint density at radius 1 is 0.923 bits per heavy atom. The molecule has 0 unspecified atom stereocenters. The van der Waals surface area contributed by atoms with E-state index in [1.807, 2.05) is 30.3 Å². The van der Waals surface area contributed by atoms with Crippen molar-refractivity contribution in [1.29, 1.82) is 0 Å². The van der Waals surface area contributed by atoms with Crippen LogP contribution in [0, 0.1) is 0 Å². The Morgan fingerprint density at radius 3 is 2.23 bits per heavy atom. The minimum absolute atomic E-state index is 0.0520. The SMILES string of the molecule is COc1cc2ccccc2cc1C(=O)OCCOc1c(Cl)cccc1Cl. The lowest BCUT2D eigenvalue weighted by Crippen LogP contribution is -2.13. The molecule has 4 nitrogen and oxygen atoms in total. The van der Waals surface area contributed by atoms with Crippen molar-refractivity contribution in [3.63, 3.8) is 0 Å². The van der Waals surface area contributed by atoms with Crippen LogP contribution in [0.15, 0.2) is 54.6 Å². The summed E-state index contributed by atoms with van der Waals surface area (Å²) >= 11 is 12.1. The van der Waals surface area contributed by atoms with Crippen LogP contribution in [-0.4, -0.2) is 26.3 Å². The second kappa shape index (κ2) is 8.30. The molecular formula is C20H16Cl2O4. The number of carbonyl (C=O) groups is 1. The van der Waals surface area contributed by atoms with E-state index < -0.39 is 5.97 Å². The van der Waals surface area contributed by atoms with Gasteiger partial charge in [0, 0.05) is 0 Å². The Kier molecular flexibility index (Phi) is 5.86. The van der Waals surface area contributed by atoms with Crippen LogP contribution in [-0.2, 0) is 4.74 Å². The van der Waals surface area contributed by atoms with Crippen molar-refractivity contribution in [2.75, 3.05) is 20.3 Å². The maximum absolute atomic E-state index is 12.4. The van der Waals surface area contributed by atoms with Gasteiger partial charge in [0.2, 0.25) is 0 Å². The fourth-order valence-corrected chi connectivity index (χ4v) is 3.03. The highest BCUT2D eigenvalue weighted by molar-refractivity contribution is 6.37. The summed E-state index contributed by atoms with van der Waals surface area (Å²) in [5.74, 6) is 0.348. The fraction of sp³-hybridized carbons (Fsp3) is 0.150. The van der Waals surface area contributed by atoms with Gasteiger partial charge in [-0.05, 0) is 35.0 Å². The first kappa shape index (κ1) is 18.4. The summed E-state index contributed by atoms with van der Waals surface area (Å²) < 4.78 is 16.1. The predicted octanol–water partition coefficient (Wildman–Crippen LogP) is 5.39. The molecule has 0 aliphatic heterocycles. The number of esters is 1. The molecule has 134 valence electrons. The molecular weight excluding hydrogens is 375 g/mol. The molecule has 3 rings (SSSR count). The molecule has 0 aliphatic carbocycles. The van der Waals surface area contributed by atoms with Gasteiger partial charge in [-0.1, -0.05) is 53.5 Å². The van der Waals surface area contributed by atoms with Crippen LogP contribution in [0.5, 0.6) is 11.5 Å². The van der Waals surface area contributed by atoms with Crippen molar-refractivity contribution < 1.29 is 19.0 Å². The minimum atomic E-state index is -0.485. The largest absolute Gasteiger partial charge is 0.496 e. The lowest BCUT2D eigenvalue weighted by atomic mass is 10.1. The van der Waals surface area contributed by atoms with E-state index in [1.165, 1.54) is 7.11 Å². The number of halogens is 2. The highest BCUT2D eigenvalue weighted by Gasteiger charge is 2.15. The van der Waals surface area contributed by atoms with E-state index in [9.17, 15) is 4.79 Å². The Morgan fingerprint density at radius 2 is 1.58 bits per heavy atom. The van der Waals surface area contributed by atoms with Gasteiger partial charge in [-0.2, -0.15) is 0 Å². The first-order valence-electron chi connectivity index (χ1n) is 7.91. The highest BCUT2D eigenvalue weighted by Crippen LogP contribution is 2.32. The molecule has 3 aromatic rings. The molecule has 0 saturated heterocycles. The zero-order chi connectivity index (χ0) is 18.5. The molecule has 0 bridgehead atoms. The number of carbonyl (C=O) groups excluding carboxylic acids is 1. The summed E-state index contributed by atoms with van der Waals surface area (Å²) in [7, 11) is 1.52. The van der Waals surface area contributed by atoms with Gasteiger partial charge in [0.1, 0.15) is 24.5 Å². The van der Waals surface area contributed by atoms with E-state index >= 15 is 0 Å². The number of methoxy groups -OCH3 is 1. The van der Waals surface area contributed by atoms with Gasteiger partial charge in [-0.3, -0.25) is 0 Å². The van der Waals surface area contributed by atoms with Crippen LogP contribution in [0.3, 0.4) is 0 Å². The second-order valence-electron chi connectivity index (χ2n) is 5.43. The smallest absolute Gasteiger partial charge is 0.342 e. The third-order valence-corrected chi connectivity index (χ3v) is 4.36. The Bertz CT molecular complexity index is 920. The normalized spacial score (nSPS) is 10.6. The van der Waals surface area contributed by atoms with Crippen molar-refractivity contribution in [2.45, 2.75) is 0 Å². The zero-order valence-electron chi connectivity index (χ0n) is 14.0. The van der Waals surface area contributed by atoms with Gasteiger partial charge in [0.25, 0.3) is 0 Å². The van der Waals surface area contributed by atoms with Crippen LogP contribution in [0.2, 0.25) is 10.0 Å². The quantitative estimate of drug-likeness (QED) is 0.418. The van der Waals surface area contributed by atoms with Gasteiger partial charge in [0.05, 0.1) is 17.2 Å². The Labute approximate surface area is 161 Å². The molecule has 6 heteroatoms. The molecule has 0 aromatic heterocycles. The molecule has 0 heterocycles. The maximum Gasteiger partial charge on any atom is 0.342 e. The lowest BCUT2D eigenvalue weighted by Gasteiger charge is -2.12. The number of benzene rings is 3. The van der Waals surface area contributed by atoms with E-state index in [0.29, 0.717) is 27.1 Å². The molecule has 3 aromatic carbocycles. The molecule has 0 aliphatic rings. The Balaban J connectivity index is 1.66. The number of para-hydroxylation sites is 1. The van der Waals surface area contributed by atoms with Gasteiger partial charge in [-0.15, -0.1) is 0 Å². The van der Waals surface area contributed by atoms with Gasteiger partial charge >= 0.3 is 5.97 Å². The van der Waals surface area contributed by atoms with E-state index in [4.69, 9.17) is 37.4 Å². The van der Waals surface area contributed by atoms with Crippen LogP contribution in [0.25, 0.3) is 10.8 Å². The van der Waals surface area contributed by atoms with E-state index in [1.54, 1.807) is 24.3 Å². The van der Waals surface area contributed by atoms with E-state index in [-0.39, 0.29) is 13.2 Å². The van der Waals surface area contributed by atoms with Gasteiger partial charge < -0.3 is 14.2 Å². The summed E-state index contributed by atoms with van der Waals surface area (Å²) in [5, 5.41) is 2.72. The van der Waals surface area contributed by atoms with Crippen LogP contribution in [0.1, 0.15) is 10.4 Å². The minimum Gasteiger partial charge on any atom is -0.496 e. The van der Waals surface area contributed by atoms with E-state index in [0.717, 1.165) is 10.8 Å². The molecule has 0 fully saturated rings. The third kappa shape index (κ3) is 4.03. The maximum atomic E-state index is 12.4. The second-order valence-corrected chi connectivity index (χ2v) is 6.25. The molecule has 26 heavy (non-hydrogen) atoms. The number of ether oxygens (including phenoxy) is 3. The van der Waals surface area contributed by atoms with Gasteiger partial charge in [0.15, 0.2) is 5.75 Å². The molecule has 0 amide bonds. The first-order chi connectivity index (χ1) is 12.6. The number of hydrogen-bond acceptors (Lipinski definition) is 4. The summed E-state index contributed by atoms with van der Waals surface area (Å²) in [4.78, 5) is 12.4. The number of rotatable bonds is 6. The summed E-state index contributed by atoms with van der Waals surface area (Å²) in [6.07, 6.45) is 0. The topological polar surface area (TPSA) is 44.8 Å². The first-order valence-corrected chi connectivity index (χ1v) is 8.66. The highest BCUT2D eigenvalue weighted by atomic mass is 35.5. The summed E-state index contributed by atoms with van der Waals surface area (Å²) in [6.45, 7) is 0.182. The molecule has 0 atom stereocenters. The Hall–Kier alpha value is -2.43. The number of hydrogen-bond donors (Lipinski definition) is 0. The van der Waals surface area contributed by atoms with E-state index in [2.05, 4.69) is 0 Å². The monoisotopic (exact) mass is 390 g/mol. The van der Waals surface area contributed by atoms with Crippen molar-refractivity contribution in [3.8, 4) is 11.5 Å². The standard InChI is InChI=1S/C20H16Cl2O4/c1-24-18-12-14-6-3-2-5-13(14)11-15(18)20(23)26-10-9-25-19-16(21)7-4-8-17(19)22/h2-8,11-12H,9-10H2,1H3. The van der Waals surface area contributed by atoms with Crippen LogP contribution >= 0.6 is 23.2 Å². The number of fused-ring (bicyclic) bond motifs is 1. The van der Waals surface area contributed by atoms with Crippen LogP contribution < -0.4 is 9.47 Å². The predicted molar refractivity (Wildman–Crippen MR) is 103 cm³/mol. The average molecular weight is 391 g/mol. The van der Waals surface area contributed by atoms with Crippen LogP contribution in [0.4, 0.5) is 0 Å². The summed E-state index contributed by atoms with van der Waals surface area (Å²) in [6, 6.07) is 16.4. The summed E-state index contributed by atoms with van der Waals surface area (Å²) in [5.41, 5.74) is 0.363. The van der Waals surface area contributed by atoms with Crippen molar-refractivity contribution >= 4 is 39.9 Å². The zero-order valence-corrected chi connectivity index (χ0v) is 15.5. The van der Waals surface area contributed by atoms with Gasteiger partial charge in [-0.25, -0.2) is 4.79 Å².